The van der Waals surface area contributed by atoms with E-state index < -0.39 is 18.8 Å². The zero-order valence-corrected chi connectivity index (χ0v) is 17.6. The van der Waals surface area contributed by atoms with Crippen molar-refractivity contribution in [3.05, 3.63) is 23.4 Å². The van der Waals surface area contributed by atoms with Crippen molar-refractivity contribution in [3.8, 4) is 0 Å². The Balaban J connectivity index is 2.09. The topological polar surface area (TPSA) is 79.2 Å². The second-order valence-corrected chi connectivity index (χ2v) is 8.32. The third-order valence-electron chi connectivity index (χ3n) is 5.09. The minimum Gasteiger partial charge on any atom is -0.488 e. The number of ether oxygens (including phenoxy) is 2. The molecule has 0 saturated carbocycles. The van der Waals surface area contributed by atoms with E-state index in [2.05, 4.69) is 33.8 Å². The second-order valence-electron chi connectivity index (χ2n) is 8.32. The summed E-state index contributed by atoms with van der Waals surface area (Å²) in [7, 11) is 0. The number of aliphatic hydroxyl groups is 3. The standard InChI is InChI=1S/C22H40O5/c1-16(2)9-7-11-18(4)13-8-12-17(3)10-5-6-14-26-21-20(19(24)15-23)27-22(21)25/h10,16,18-20,23-25H,5-9,11-15H2,1-4H3/b17-10+. The van der Waals surface area contributed by atoms with Crippen LogP contribution in [0.15, 0.2) is 23.4 Å². The van der Waals surface area contributed by atoms with Crippen molar-refractivity contribution in [1.82, 2.24) is 0 Å². The first-order valence-corrected chi connectivity index (χ1v) is 10.5. The molecule has 27 heavy (non-hydrogen) atoms. The van der Waals surface area contributed by atoms with Crippen LogP contribution in [0.4, 0.5) is 0 Å². The van der Waals surface area contributed by atoms with Crippen molar-refractivity contribution >= 4 is 0 Å². The molecule has 0 spiro atoms. The smallest absolute Gasteiger partial charge is 0.321 e. The summed E-state index contributed by atoms with van der Waals surface area (Å²) in [5.41, 5.74) is 1.42. The van der Waals surface area contributed by atoms with E-state index in [1.807, 2.05) is 0 Å². The van der Waals surface area contributed by atoms with Crippen molar-refractivity contribution in [1.29, 1.82) is 0 Å². The monoisotopic (exact) mass is 384 g/mol. The molecule has 0 aromatic heterocycles. The van der Waals surface area contributed by atoms with Crippen LogP contribution in [0.3, 0.4) is 0 Å². The molecule has 158 valence electrons. The zero-order chi connectivity index (χ0) is 20.2. The highest BCUT2D eigenvalue weighted by atomic mass is 16.7. The van der Waals surface area contributed by atoms with E-state index >= 15 is 0 Å². The van der Waals surface area contributed by atoms with Gasteiger partial charge < -0.3 is 24.8 Å². The van der Waals surface area contributed by atoms with E-state index in [0.717, 1.165) is 31.1 Å². The number of hydrogen-bond donors (Lipinski definition) is 3. The Hall–Kier alpha value is -1.20. The maximum absolute atomic E-state index is 9.52. The molecule has 3 atom stereocenters. The van der Waals surface area contributed by atoms with E-state index in [4.69, 9.17) is 14.6 Å². The molecule has 3 unspecified atom stereocenters. The van der Waals surface area contributed by atoms with Gasteiger partial charge in [0.15, 0.2) is 6.10 Å². The molecule has 0 bridgehead atoms. The highest BCUT2D eigenvalue weighted by molar-refractivity contribution is 5.13. The molecular weight excluding hydrogens is 344 g/mol. The fourth-order valence-electron chi connectivity index (χ4n) is 3.25. The molecule has 1 heterocycles. The van der Waals surface area contributed by atoms with Gasteiger partial charge in [-0.05, 0) is 44.4 Å². The van der Waals surface area contributed by atoms with Crippen LogP contribution >= 0.6 is 0 Å². The lowest BCUT2D eigenvalue weighted by atomic mass is 9.94. The summed E-state index contributed by atoms with van der Waals surface area (Å²) in [4.78, 5) is 0. The maximum atomic E-state index is 9.52. The van der Waals surface area contributed by atoms with Crippen LogP contribution in [-0.4, -0.2) is 40.7 Å². The minimum atomic E-state index is -1.06. The maximum Gasteiger partial charge on any atom is 0.321 e. The molecule has 0 aliphatic carbocycles. The molecule has 1 rings (SSSR count). The lowest BCUT2D eigenvalue weighted by Crippen LogP contribution is -2.41. The number of hydrogen-bond acceptors (Lipinski definition) is 5. The minimum absolute atomic E-state index is 0.240. The Morgan fingerprint density at radius 3 is 2.48 bits per heavy atom. The fraction of sp³-hybridized carbons (Fsp3) is 0.818. The molecule has 0 fully saturated rings. The van der Waals surface area contributed by atoms with E-state index in [9.17, 15) is 10.2 Å². The van der Waals surface area contributed by atoms with Gasteiger partial charge >= 0.3 is 5.95 Å². The highest BCUT2D eigenvalue weighted by Crippen LogP contribution is 2.28. The summed E-state index contributed by atoms with van der Waals surface area (Å²) in [6.07, 6.45) is 9.94. The molecule has 1 aliphatic rings. The normalized spacial score (nSPS) is 19.7. The molecule has 0 aromatic rings. The first kappa shape index (κ1) is 23.8. The van der Waals surface area contributed by atoms with Crippen LogP contribution in [0.5, 0.6) is 0 Å². The van der Waals surface area contributed by atoms with Crippen LogP contribution in [0.2, 0.25) is 0 Å². The predicted molar refractivity (Wildman–Crippen MR) is 108 cm³/mol. The van der Waals surface area contributed by atoms with E-state index in [1.165, 1.54) is 37.7 Å². The van der Waals surface area contributed by atoms with Gasteiger partial charge in [0.1, 0.15) is 6.10 Å². The first-order chi connectivity index (χ1) is 12.8. The van der Waals surface area contributed by atoms with Crippen molar-refractivity contribution in [2.24, 2.45) is 11.8 Å². The molecule has 3 N–H and O–H groups in total. The average molecular weight is 385 g/mol. The van der Waals surface area contributed by atoms with Crippen molar-refractivity contribution in [2.45, 2.75) is 91.3 Å². The summed E-state index contributed by atoms with van der Waals surface area (Å²) in [6.45, 7) is 9.16. The largest absolute Gasteiger partial charge is 0.488 e. The number of aliphatic hydroxyl groups excluding tert-OH is 3. The lowest BCUT2D eigenvalue weighted by molar-refractivity contribution is -0.124. The van der Waals surface area contributed by atoms with Crippen LogP contribution < -0.4 is 0 Å². The molecule has 5 heteroatoms. The van der Waals surface area contributed by atoms with Gasteiger partial charge in [-0.3, -0.25) is 0 Å². The quantitative estimate of drug-likeness (QED) is 0.278. The Kier molecular flexibility index (Phi) is 11.5. The van der Waals surface area contributed by atoms with Gasteiger partial charge in [-0.2, -0.15) is 0 Å². The van der Waals surface area contributed by atoms with Gasteiger partial charge in [-0.15, -0.1) is 0 Å². The molecule has 5 nitrogen and oxygen atoms in total. The van der Waals surface area contributed by atoms with Gasteiger partial charge in [0, 0.05) is 0 Å². The summed E-state index contributed by atoms with van der Waals surface area (Å²) >= 11 is 0. The number of unbranched alkanes of at least 4 members (excludes halogenated alkanes) is 1. The van der Waals surface area contributed by atoms with Crippen molar-refractivity contribution in [3.63, 3.8) is 0 Å². The Bertz CT molecular complexity index is 469. The van der Waals surface area contributed by atoms with E-state index in [1.54, 1.807) is 0 Å². The SMILES string of the molecule is C/C(=C\CCCOC1=C(O)OC1C(O)CO)CCCC(C)CCCC(C)C. The Morgan fingerprint density at radius 2 is 1.85 bits per heavy atom. The van der Waals surface area contributed by atoms with Crippen LogP contribution in [0.25, 0.3) is 0 Å². The van der Waals surface area contributed by atoms with Gasteiger partial charge in [0.05, 0.1) is 13.2 Å². The molecular formula is C22H40O5. The lowest BCUT2D eigenvalue weighted by Gasteiger charge is -2.32. The molecule has 0 aromatic carbocycles. The third kappa shape index (κ3) is 9.52. The average Bonchev–Trinajstić information content (AvgIpc) is 2.61. The first-order valence-electron chi connectivity index (χ1n) is 10.5. The van der Waals surface area contributed by atoms with Gasteiger partial charge in [-0.1, -0.05) is 58.1 Å². The molecule has 0 amide bonds. The zero-order valence-electron chi connectivity index (χ0n) is 17.6. The second kappa shape index (κ2) is 13.1. The summed E-state index contributed by atoms with van der Waals surface area (Å²) in [5, 5.41) is 27.9. The van der Waals surface area contributed by atoms with Crippen LogP contribution in [0.1, 0.15) is 79.1 Å². The van der Waals surface area contributed by atoms with Crippen molar-refractivity contribution in [2.75, 3.05) is 13.2 Å². The number of allylic oxidation sites excluding steroid dienone is 2. The van der Waals surface area contributed by atoms with Crippen LogP contribution in [0, 0.1) is 11.8 Å². The van der Waals surface area contributed by atoms with Crippen molar-refractivity contribution < 1.29 is 24.8 Å². The Morgan fingerprint density at radius 1 is 1.15 bits per heavy atom. The summed E-state index contributed by atoms with van der Waals surface area (Å²) < 4.78 is 10.4. The predicted octanol–water partition coefficient (Wildman–Crippen LogP) is 4.84. The fourth-order valence-corrected chi connectivity index (χ4v) is 3.25. The van der Waals surface area contributed by atoms with Gasteiger partial charge in [-0.25, -0.2) is 0 Å². The number of rotatable bonds is 15. The van der Waals surface area contributed by atoms with E-state index in [0.29, 0.717) is 6.61 Å². The van der Waals surface area contributed by atoms with Crippen LogP contribution in [-0.2, 0) is 9.47 Å². The third-order valence-corrected chi connectivity index (χ3v) is 5.09. The molecule has 1 aliphatic heterocycles. The van der Waals surface area contributed by atoms with Gasteiger partial charge in [0.25, 0.3) is 0 Å². The van der Waals surface area contributed by atoms with E-state index in [-0.39, 0.29) is 11.7 Å². The van der Waals surface area contributed by atoms with Gasteiger partial charge in [0.2, 0.25) is 5.76 Å². The summed E-state index contributed by atoms with van der Waals surface area (Å²) in [6, 6.07) is 0. The molecule has 0 radical (unpaired) electrons. The summed E-state index contributed by atoms with van der Waals surface area (Å²) in [5.74, 6) is 1.58. The molecule has 0 saturated heterocycles. The highest BCUT2D eigenvalue weighted by Gasteiger charge is 2.39. The Labute approximate surface area is 165 Å².